The van der Waals surface area contributed by atoms with Crippen molar-refractivity contribution in [2.75, 3.05) is 5.32 Å². The lowest BCUT2D eigenvalue weighted by atomic mass is 10.1. The minimum absolute atomic E-state index is 0.0381. The summed E-state index contributed by atoms with van der Waals surface area (Å²) in [5.41, 5.74) is -2.94. The molecule has 0 aliphatic heterocycles. The number of aromatic nitrogens is 5. The van der Waals surface area contributed by atoms with E-state index in [-0.39, 0.29) is 23.2 Å². The SMILES string of the molecule is C[C@H](C[C@H](F)Cn1ccc2cc(-c3ncc(C4CC4)cn3)c(F)cc2c1=O)Nc1cn[nH]c(=O)c1C(F)(F)F. The van der Waals surface area contributed by atoms with E-state index in [0.717, 1.165) is 35.2 Å². The molecule has 0 unspecified atom stereocenters. The van der Waals surface area contributed by atoms with E-state index < -0.39 is 53.1 Å². The third kappa shape index (κ3) is 5.66. The van der Waals surface area contributed by atoms with Crippen molar-refractivity contribution in [3.8, 4) is 11.4 Å². The maximum Gasteiger partial charge on any atom is 0.423 e. The molecular weight excluding hydrogens is 523 g/mol. The van der Waals surface area contributed by atoms with Gasteiger partial charge in [0.15, 0.2) is 5.82 Å². The van der Waals surface area contributed by atoms with Gasteiger partial charge in [-0.15, -0.1) is 0 Å². The quantitative estimate of drug-likeness (QED) is 0.308. The zero-order valence-corrected chi connectivity index (χ0v) is 20.6. The number of alkyl halides is 4. The van der Waals surface area contributed by atoms with Crippen LogP contribution >= 0.6 is 0 Å². The van der Waals surface area contributed by atoms with Crippen LogP contribution in [0, 0.1) is 5.82 Å². The fourth-order valence-corrected chi connectivity index (χ4v) is 4.51. The van der Waals surface area contributed by atoms with Crippen LogP contribution in [0.4, 0.5) is 27.6 Å². The second-order valence-electron chi connectivity index (χ2n) is 9.67. The highest BCUT2D eigenvalue weighted by atomic mass is 19.4. The maximum absolute atomic E-state index is 15.0. The maximum atomic E-state index is 15.0. The fourth-order valence-electron chi connectivity index (χ4n) is 4.51. The van der Waals surface area contributed by atoms with E-state index in [9.17, 15) is 31.5 Å². The highest BCUT2D eigenvalue weighted by Gasteiger charge is 2.37. The van der Waals surface area contributed by atoms with Gasteiger partial charge in [0.25, 0.3) is 11.1 Å². The molecule has 1 aliphatic carbocycles. The second kappa shape index (κ2) is 10.2. The van der Waals surface area contributed by atoms with Crippen LogP contribution in [0.1, 0.15) is 43.2 Å². The average Bonchev–Trinajstić information content (AvgIpc) is 3.71. The summed E-state index contributed by atoms with van der Waals surface area (Å²) >= 11 is 0. The van der Waals surface area contributed by atoms with Gasteiger partial charge in [-0.3, -0.25) is 9.59 Å². The topological polar surface area (TPSA) is 106 Å². The number of pyridine rings is 1. The van der Waals surface area contributed by atoms with Gasteiger partial charge >= 0.3 is 6.18 Å². The Labute approximate surface area is 217 Å². The van der Waals surface area contributed by atoms with E-state index in [0.29, 0.717) is 11.3 Å². The Morgan fingerprint density at radius 3 is 2.54 bits per heavy atom. The van der Waals surface area contributed by atoms with Gasteiger partial charge in [0, 0.05) is 31.1 Å². The van der Waals surface area contributed by atoms with Gasteiger partial charge in [-0.25, -0.2) is 23.8 Å². The summed E-state index contributed by atoms with van der Waals surface area (Å²) in [5.74, 6) is -0.0511. The Morgan fingerprint density at radius 2 is 1.87 bits per heavy atom. The molecule has 0 saturated heterocycles. The monoisotopic (exact) mass is 546 g/mol. The number of halogens is 5. The molecule has 0 amide bonds. The lowest BCUT2D eigenvalue weighted by Gasteiger charge is -2.20. The minimum atomic E-state index is -4.94. The number of rotatable bonds is 8. The van der Waals surface area contributed by atoms with E-state index in [1.807, 2.05) is 0 Å². The first kappa shape index (κ1) is 26.4. The summed E-state index contributed by atoms with van der Waals surface area (Å²) in [6, 6.07) is 3.24. The van der Waals surface area contributed by atoms with Crippen molar-refractivity contribution in [2.45, 2.75) is 57.0 Å². The summed E-state index contributed by atoms with van der Waals surface area (Å²) in [5, 5.41) is 8.03. The molecule has 2 atom stereocenters. The van der Waals surface area contributed by atoms with Crippen LogP contribution < -0.4 is 16.4 Å². The third-order valence-electron chi connectivity index (χ3n) is 6.57. The zero-order valence-electron chi connectivity index (χ0n) is 20.6. The third-order valence-corrected chi connectivity index (χ3v) is 6.57. The van der Waals surface area contributed by atoms with E-state index in [2.05, 4.69) is 20.4 Å². The van der Waals surface area contributed by atoms with E-state index in [1.165, 1.54) is 19.2 Å². The van der Waals surface area contributed by atoms with Crippen molar-refractivity contribution in [3.05, 3.63) is 80.6 Å². The summed E-state index contributed by atoms with van der Waals surface area (Å²) in [7, 11) is 0. The predicted octanol–water partition coefficient (Wildman–Crippen LogP) is 4.81. The molecule has 0 bridgehead atoms. The summed E-state index contributed by atoms with van der Waals surface area (Å²) in [6.45, 7) is 1.03. The number of nitrogens with zero attached hydrogens (tertiary/aromatic N) is 4. The molecule has 1 aromatic carbocycles. The standard InChI is InChI=1S/C26H23F5N6O2/c1-13(35-21-11-34-36-24(38)22(21)26(29,30)31)6-17(27)12-37-5-4-15-7-19(20(28)8-18(15)25(37)39)23-32-9-16(10-33-23)14-2-3-14/h4-5,7-11,13-14,17H,2-3,6,12H2,1H3,(H2,35,36,38)/t13-,17+/m1/s1. The molecular formula is C26H23F5N6O2. The molecule has 8 nitrogen and oxygen atoms in total. The molecule has 1 saturated carbocycles. The van der Waals surface area contributed by atoms with Crippen molar-refractivity contribution in [1.29, 1.82) is 0 Å². The molecule has 39 heavy (non-hydrogen) atoms. The van der Waals surface area contributed by atoms with Gasteiger partial charge in [-0.05, 0) is 54.8 Å². The number of nitrogens with one attached hydrogen (secondary N) is 2. The normalized spacial score (nSPS) is 15.3. The van der Waals surface area contributed by atoms with E-state index in [1.54, 1.807) is 23.6 Å². The van der Waals surface area contributed by atoms with Crippen LogP contribution in [0.2, 0.25) is 0 Å². The largest absolute Gasteiger partial charge is 0.423 e. The van der Waals surface area contributed by atoms with Gasteiger partial charge in [0.2, 0.25) is 0 Å². The highest BCUT2D eigenvalue weighted by Crippen LogP contribution is 2.39. The number of H-pyrrole nitrogens is 1. The molecule has 1 aliphatic rings. The van der Waals surface area contributed by atoms with Crippen LogP contribution in [-0.2, 0) is 12.7 Å². The number of aromatic amines is 1. The number of hydrogen-bond donors (Lipinski definition) is 2. The van der Waals surface area contributed by atoms with Gasteiger partial charge in [0.1, 0.15) is 17.6 Å². The summed E-state index contributed by atoms with van der Waals surface area (Å²) < 4.78 is 70.7. The van der Waals surface area contributed by atoms with Crippen molar-refractivity contribution in [1.82, 2.24) is 24.7 Å². The van der Waals surface area contributed by atoms with Crippen LogP contribution in [0.25, 0.3) is 22.2 Å². The Morgan fingerprint density at radius 1 is 1.15 bits per heavy atom. The van der Waals surface area contributed by atoms with Crippen molar-refractivity contribution < 1.29 is 22.0 Å². The van der Waals surface area contributed by atoms with Gasteiger partial charge in [-0.1, -0.05) is 0 Å². The molecule has 4 aromatic rings. The predicted molar refractivity (Wildman–Crippen MR) is 134 cm³/mol. The lowest BCUT2D eigenvalue weighted by Crippen LogP contribution is -2.30. The van der Waals surface area contributed by atoms with E-state index >= 15 is 0 Å². The first-order valence-corrected chi connectivity index (χ1v) is 12.2. The van der Waals surface area contributed by atoms with Gasteiger partial charge in [-0.2, -0.15) is 18.3 Å². The number of anilines is 1. The lowest BCUT2D eigenvalue weighted by molar-refractivity contribution is -0.138. The first-order valence-electron chi connectivity index (χ1n) is 12.2. The van der Waals surface area contributed by atoms with Gasteiger partial charge < -0.3 is 9.88 Å². The smallest absolute Gasteiger partial charge is 0.381 e. The molecule has 3 heterocycles. The molecule has 0 spiro atoms. The Bertz CT molecular complexity index is 1630. The molecule has 13 heteroatoms. The van der Waals surface area contributed by atoms with E-state index in [4.69, 9.17) is 0 Å². The molecule has 3 aromatic heterocycles. The molecule has 5 rings (SSSR count). The van der Waals surface area contributed by atoms with Crippen molar-refractivity contribution in [3.63, 3.8) is 0 Å². The van der Waals surface area contributed by atoms with Crippen LogP contribution in [-0.4, -0.2) is 36.9 Å². The minimum Gasteiger partial charge on any atom is -0.381 e. The number of benzene rings is 1. The van der Waals surface area contributed by atoms with Crippen LogP contribution in [0.5, 0.6) is 0 Å². The molecule has 204 valence electrons. The van der Waals surface area contributed by atoms with Crippen LogP contribution in [0.3, 0.4) is 0 Å². The molecule has 2 N–H and O–H groups in total. The average molecular weight is 547 g/mol. The van der Waals surface area contributed by atoms with Crippen LogP contribution in [0.15, 0.2) is 52.6 Å². The first-order chi connectivity index (χ1) is 18.5. The Kier molecular flexibility index (Phi) is 6.91. The number of hydrogen-bond acceptors (Lipinski definition) is 6. The molecule has 1 fully saturated rings. The molecule has 0 radical (unpaired) electrons. The summed E-state index contributed by atoms with van der Waals surface area (Å²) in [4.78, 5) is 33.1. The van der Waals surface area contributed by atoms with Crippen molar-refractivity contribution in [2.24, 2.45) is 0 Å². The van der Waals surface area contributed by atoms with Gasteiger partial charge in [0.05, 0.1) is 29.4 Å². The Hall–Kier alpha value is -4.16. The Balaban J connectivity index is 1.31. The second-order valence-corrected chi connectivity index (χ2v) is 9.67. The number of fused-ring (bicyclic) bond motifs is 1. The fraction of sp³-hybridized carbons (Fsp3) is 0.346. The summed E-state index contributed by atoms with van der Waals surface area (Å²) in [6.07, 6.45) is 0.828. The van der Waals surface area contributed by atoms with Crippen molar-refractivity contribution >= 4 is 16.5 Å². The highest BCUT2D eigenvalue weighted by molar-refractivity contribution is 5.86. The zero-order chi connectivity index (χ0) is 27.9.